The van der Waals surface area contributed by atoms with Crippen molar-refractivity contribution in [2.75, 3.05) is 14.2 Å². The van der Waals surface area contributed by atoms with Crippen molar-refractivity contribution in [3.8, 4) is 11.5 Å². The number of benzene rings is 2. The highest BCUT2D eigenvalue weighted by Crippen LogP contribution is 2.33. The van der Waals surface area contributed by atoms with Crippen molar-refractivity contribution in [1.29, 1.82) is 0 Å². The predicted octanol–water partition coefficient (Wildman–Crippen LogP) is 4.06. The number of halogens is 1. The molecule has 3 nitrogen and oxygen atoms in total. The van der Waals surface area contributed by atoms with Crippen LogP contribution in [0.25, 0.3) is 0 Å². The Morgan fingerprint density at radius 2 is 1.79 bits per heavy atom. The second-order valence-electron chi connectivity index (χ2n) is 3.83. The maximum Gasteiger partial charge on any atom is 0.174 e. The summed E-state index contributed by atoms with van der Waals surface area (Å²) in [5.74, 6) is 1.46. The first-order valence-corrected chi connectivity index (χ1v) is 6.83. The number of rotatable bonds is 4. The van der Waals surface area contributed by atoms with Crippen LogP contribution in [-0.4, -0.2) is 20.4 Å². The number of nitrogens with zero attached hydrogens (tertiary/aromatic N) is 1. The van der Waals surface area contributed by atoms with E-state index >= 15 is 0 Å². The summed E-state index contributed by atoms with van der Waals surface area (Å²) in [4.78, 5) is 4.42. The van der Waals surface area contributed by atoms with Crippen molar-refractivity contribution in [2.45, 2.75) is 0 Å². The molecule has 0 aliphatic carbocycles. The summed E-state index contributed by atoms with van der Waals surface area (Å²) in [6.45, 7) is 0. The normalized spacial score (nSPS) is 10.7. The molecule has 0 saturated heterocycles. The number of hydrogen-bond donors (Lipinski definition) is 0. The molecule has 0 fully saturated rings. The molecule has 0 aliphatic heterocycles. The smallest absolute Gasteiger partial charge is 0.174 e. The van der Waals surface area contributed by atoms with Crippen molar-refractivity contribution < 1.29 is 9.47 Å². The van der Waals surface area contributed by atoms with E-state index in [4.69, 9.17) is 9.47 Å². The third kappa shape index (κ3) is 3.47. The summed E-state index contributed by atoms with van der Waals surface area (Å²) in [5, 5.41) is 0. The second kappa shape index (κ2) is 6.56. The lowest BCUT2D eigenvalue weighted by atomic mass is 10.2. The molecule has 0 saturated carbocycles. The van der Waals surface area contributed by atoms with Crippen LogP contribution in [-0.2, 0) is 0 Å². The van der Waals surface area contributed by atoms with Gasteiger partial charge in [0.25, 0.3) is 0 Å². The van der Waals surface area contributed by atoms with Gasteiger partial charge in [0.05, 0.1) is 23.5 Å². The number of para-hydroxylation sites is 1. The molecule has 2 rings (SSSR count). The first kappa shape index (κ1) is 13.9. The van der Waals surface area contributed by atoms with Gasteiger partial charge in [-0.1, -0.05) is 18.2 Å². The molecule has 0 bridgehead atoms. The topological polar surface area (TPSA) is 30.8 Å². The van der Waals surface area contributed by atoms with Crippen molar-refractivity contribution in [3.63, 3.8) is 0 Å². The Hall–Kier alpha value is -1.56. The van der Waals surface area contributed by atoms with E-state index in [1.54, 1.807) is 14.2 Å². The average molecular weight is 367 g/mol. The van der Waals surface area contributed by atoms with Gasteiger partial charge in [-0.05, 0) is 52.4 Å². The van der Waals surface area contributed by atoms with E-state index in [9.17, 15) is 0 Å². The number of aliphatic imine (C=N–C) groups is 1. The Labute approximate surface area is 126 Å². The van der Waals surface area contributed by atoms with Gasteiger partial charge in [0.15, 0.2) is 11.5 Å². The van der Waals surface area contributed by atoms with Gasteiger partial charge in [-0.25, -0.2) is 0 Å². The van der Waals surface area contributed by atoms with Gasteiger partial charge in [-0.3, -0.25) is 4.99 Å². The van der Waals surface area contributed by atoms with E-state index < -0.39 is 0 Å². The van der Waals surface area contributed by atoms with Crippen LogP contribution in [0.4, 0.5) is 5.69 Å². The molecule has 0 radical (unpaired) electrons. The highest BCUT2D eigenvalue weighted by atomic mass is 127. The summed E-state index contributed by atoms with van der Waals surface area (Å²) in [6.07, 6.45) is 1.82. The lowest BCUT2D eigenvalue weighted by molar-refractivity contribution is 0.353. The molecular weight excluding hydrogens is 353 g/mol. The van der Waals surface area contributed by atoms with Crippen LogP contribution in [0.15, 0.2) is 47.5 Å². The minimum atomic E-state index is 0.712. The van der Waals surface area contributed by atoms with Crippen LogP contribution >= 0.6 is 22.6 Å². The van der Waals surface area contributed by atoms with Gasteiger partial charge >= 0.3 is 0 Å². The zero-order chi connectivity index (χ0) is 13.7. The van der Waals surface area contributed by atoms with E-state index in [1.165, 1.54) is 0 Å². The Kier molecular flexibility index (Phi) is 4.79. The Bertz CT molecular complexity index is 582. The highest BCUT2D eigenvalue weighted by Gasteiger charge is 2.09. The molecular formula is C15H14INO2. The number of hydrogen-bond acceptors (Lipinski definition) is 3. The van der Waals surface area contributed by atoms with Gasteiger partial charge < -0.3 is 9.47 Å². The van der Waals surface area contributed by atoms with Crippen LogP contribution in [0.3, 0.4) is 0 Å². The molecule has 98 valence electrons. The van der Waals surface area contributed by atoms with Crippen molar-refractivity contribution in [2.24, 2.45) is 4.99 Å². The quantitative estimate of drug-likeness (QED) is 0.603. The summed E-state index contributed by atoms with van der Waals surface area (Å²) in [7, 11) is 3.27. The fourth-order valence-electron chi connectivity index (χ4n) is 1.68. The lowest BCUT2D eigenvalue weighted by Crippen LogP contribution is -1.95. The fraction of sp³-hybridized carbons (Fsp3) is 0.133. The molecule has 0 atom stereocenters. The maximum absolute atomic E-state index is 5.32. The minimum absolute atomic E-state index is 0.712. The second-order valence-corrected chi connectivity index (χ2v) is 4.99. The van der Waals surface area contributed by atoms with Crippen LogP contribution in [0.1, 0.15) is 5.56 Å². The minimum Gasteiger partial charge on any atom is -0.493 e. The molecule has 0 unspecified atom stereocenters. The van der Waals surface area contributed by atoms with Crippen LogP contribution < -0.4 is 9.47 Å². The van der Waals surface area contributed by atoms with E-state index in [2.05, 4.69) is 27.6 Å². The molecule has 19 heavy (non-hydrogen) atoms. The molecule has 0 amide bonds. The summed E-state index contributed by atoms with van der Waals surface area (Å²) >= 11 is 2.22. The van der Waals surface area contributed by atoms with Crippen molar-refractivity contribution in [3.05, 3.63) is 51.6 Å². The lowest BCUT2D eigenvalue weighted by Gasteiger charge is -2.10. The molecule has 4 heteroatoms. The largest absolute Gasteiger partial charge is 0.493 e. The number of methoxy groups -OCH3 is 2. The zero-order valence-corrected chi connectivity index (χ0v) is 12.9. The standard InChI is InChI=1S/C15H14INO2/c1-18-14-9-11(8-13(16)15(14)19-2)10-17-12-6-4-3-5-7-12/h3-10H,1-2H3. The Morgan fingerprint density at radius 3 is 2.42 bits per heavy atom. The van der Waals surface area contributed by atoms with Gasteiger partial charge in [0.2, 0.25) is 0 Å². The fourth-order valence-corrected chi connectivity index (χ4v) is 2.52. The van der Waals surface area contributed by atoms with E-state index in [0.717, 1.165) is 20.6 Å². The average Bonchev–Trinajstić information content (AvgIpc) is 2.45. The molecule has 2 aromatic rings. The number of ether oxygens (including phenoxy) is 2. The van der Waals surface area contributed by atoms with Gasteiger partial charge in [0.1, 0.15) is 0 Å². The molecule has 0 spiro atoms. The first-order chi connectivity index (χ1) is 9.24. The SMILES string of the molecule is COc1cc(C=Nc2ccccc2)cc(I)c1OC. The first-order valence-electron chi connectivity index (χ1n) is 5.75. The van der Waals surface area contributed by atoms with E-state index in [1.807, 2.05) is 48.7 Å². The maximum atomic E-state index is 5.32. The van der Waals surface area contributed by atoms with Crippen LogP contribution in [0.2, 0.25) is 0 Å². The molecule has 0 heterocycles. The van der Waals surface area contributed by atoms with E-state index in [0.29, 0.717) is 5.75 Å². The summed E-state index contributed by atoms with van der Waals surface area (Å²) in [6, 6.07) is 13.7. The Balaban J connectivity index is 2.31. The molecule has 0 N–H and O–H groups in total. The summed E-state index contributed by atoms with van der Waals surface area (Å²) < 4.78 is 11.6. The van der Waals surface area contributed by atoms with Gasteiger partial charge in [-0.15, -0.1) is 0 Å². The molecule has 0 aromatic heterocycles. The van der Waals surface area contributed by atoms with Crippen molar-refractivity contribution >= 4 is 34.5 Å². The molecule has 2 aromatic carbocycles. The van der Waals surface area contributed by atoms with E-state index in [-0.39, 0.29) is 0 Å². The van der Waals surface area contributed by atoms with Gasteiger partial charge in [-0.2, -0.15) is 0 Å². The van der Waals surface area contributed by atoms with Crippen LogP contribution in [0.5, 0.6) is 11.5 Å². The zero-order valence-electron chi connectivity index (χ0n) is 10.8. The van der Waals surface area contributed by atoms with Gasteiger partial charge in [0, 0.05) is 6.21 Å². The molecule has 0 aliphatic rings. The third-order valence-corrected chi connectivity index (χ3v) is 3.38. The third-order valence-electron chi connectivity index (χ3n) is 2.57. The summed E-state index contributed by atoms with van der Waals surface area (Å²) in [5.41, 5.74) is 1.90. The highest BCUT2D eigenvalue weighted by molar-refractivity contribution is 14.1. The van der Waals surface area contributed by atoms with Crippen molar-refractivity contribution in [1.82, 2.24) is 0 Å². The van der Waals surface area contributed by atoms with Crippen LogP contribution in [0, 0.1) is 3.57 Å². The monoisotopic (exact) mass is 367 g/mol. The Morgan fingerprint density at radius 1 is 1.05 bits per heavy atom. The predicted molar refractivity (Wildman–Crippen MR) is 86.0 cm³/mol.